The predicted molar refractivity (Wildman–Crippen MR) is 68.5 cm³/mol. The number of aromatic nitrogens is 2. The summed E-state index contributed by atoms with van der Waals surface area (Å²) in [5, 5.41) is 10.8. The van der Waals surface area contributed by atoms with Gasteiger partial charge in [-0.1, -0.05) is 12.1 Å². The fourth-order valence-corrected chi connectivity index (χ4v) is 1.82. The summed E-state index contributed by atoms with van der Waals surface area (Å²) >= 11 is 0. The van der Waals surface area contributed by atoms with Crippen molar-refractivity contribution in [1.29, 1.82) is 5.41 Å². The summed E-state index contributed by atoms with van der Waals surface area (Å²) in [6, 6.07) is 6.07. The maximum atomic E-state index is 12.4. The maximum Gasteiger partial charge on any atom is 0.435 e. The molecule has 0 aliphatic rings. The second-order valence-electron chi connectivity index (χ2n) is 4.45. The molecule has 1 heterocycles. The van der Waals surface area contributed by atoms with Gasteiger partial charge >= 0.3 is 6.18 Å². The van der Waals surface area contributed by atoms with Crippen LogP contribution < -0.4 is 5.73 Å². The molecule has 0 spiro atoms. The molecule has 2 aromatic rings. The molecule has 1 aromatic carbocycles. The first-order valence-corrected chi connectivity index (χ1v) is 5.82. The number of benzene rings is 1. The molecule has 2 rings (SSSR count). The van der Waals surface area contributed by atoms with Crippen LogP contribution in [0.4, 0.5) is 13.2 Å². The molecular weight excluding hydrogens is 269 g/mol. The lowest BCUT2D eigenvalue weighted by Gasteiger charge is -2.08. The van der Waals surface area contributed by atoms with Gasteiger partial charge in [-0.05, 0) is 30.2 Å². The number of nitrogens with one attached hydrogen (secondary N) is 1. The molecule has 0 fully saturated rings. The van der Waals surface area contributed by atoms with Crippen molar-refractivity contribution in [3.63, 3.8) is 0 Å². The Bertz CT molecular complexity index is 643. The van der Waals surface area contributed by atoms with Crippen LogP contribution in [0.25, 0.3) is 0 Å². The maximum absolute atomic E-state index is 12.4. The first-order valence-electron chi connectivity index (χ1n) is 5.82. The number of nitrogens with zero attached hydrogens (tertiary/aromatic N) is 2. The topological polar surface area (TPSA) is 67.7 Å². The van der Waals surface area contributed by atoms with Gasteiger partial charge in [-0.3, -0.25) is 10.1 Å². The van der Waals surface area contributed by atoms with E-state index in [0.29, 0.717) is 5.56 Å². The molecule has 20 heavy (non-hydrogen) atoms. The van der Waals surface area contributed by atoms with Gasteiger partial charge in [-0.25, -0.2) is 0 Å². The third kappa shape index (κ3) is 2.98. The van der Waals surface area contributed by atoms with E-state index >= 15 is 0 Å². The van der Waals surface area contributed by atoms with Crippen molar-refractivity contribution in [3.05, 3.63) is 52.8 Å². The molecule has 0 saturated carbocycles. The molecule has 0 aliphatic carbocycles. The van der Waals surface area contributed by atoms with E-state index in [0.717, 1.165) is 17.2 Å². The Kier molecular flexibility index (Phi) is 3.52. The minimum Gasteiger partial charge on any atom is -0.384 e. The number of amidine groups is 1. The van der Waals surface area contributed by atoms with Gasteiger partial charge in [0, 0.05) is 11.8 Å². The van der Waals surface area contributed by atoms with E-state index in [1.165, 1.54) is 10.9 Å². The number of nitrogen functional groups attached to an aromatic ring is 1. The molecule has 1 aromatic heterocycles. The summed E-state index contributed by atoms with van der Waals surface area (Å²) in [4.78, 5) is 0. The minimum absolute atomic E-state index is 0.0434. The van der Waals surface area contributed by atoms with Gasteiger partial charge < -0.3 is 5.73 Å². The normalized spacial score (nSPS) is 11.6. The van der Waals surface area contributed by atoms with E-state index in [1.54, 1.807) is 18.2 Å². The molecular formula is C13H13F3N4. The van der Waals surface area contributed by atoms with Gasteiger partial charge in [-0.2, -0.15) is 18.3 Å². The van der Waals surface area contributed by atoms with E-state index in [9.17, 15) is 13.2 Å². The number of rotatable bonds is 3. The Morgan fingerprint density at radius 2 is 2.05 bits per heavy atom. The molecule has 0 bridgehead atoms. The van der Waals surface area contributed by atoms with Gasteiger partial charge in [0.25, 0.3) is 0 Å². The lowest BCUT2D eigenvalue weighted by molar-refractivity contribution is -0.141. The van der Waals surface area contributed by atoms with Crippen LogP contribution in [0.5, 0.6) is 0 Å². The van der Waals surface area contributed by atoms with Crippen LogP contribution in [0.1, 0.15) is 22.4 Å². The average Bonchev–Trinajstić information content (AvgIpc) is 2.80. The predicted octanol–water partition coefficient (Wildman–Crippen LogP) is 2.54. The Hall–Kier alpha value is -2.31. The number of aryl methyl sites for hydroxylation is 1. The number of alkyl halides is 3. The van der Waals surface area contributed by atoms with Crippen molar-refractivity contribution in [2.75, 3.05) is 0 Å². The highest BCUT2D eigenvalue weighted by Gasteiger charge is 2.33. The van der Waals surface area contributed by atoms with Gasteiger partial charge in [-0.15, -0.1) is 0 Å². The Balaban J connectivity index is 2.22. The zero-order chi connectivity index (χ0) is 14.9. The Morgan fingerprint density at radius 3 is 2.55 bits per heavy atom. The van der Waals surface area contributed by atoms with Crippen LogP contribution in [0, 0.1) is 12.3 Å². The third-order valence-electron chi connectivity index (χ3n) is 2.92. The van der Waals surface area contributed by atoms with Crippen LogP contribution >= 0.6 is 0 Å². The smallest absolute Gasteiger partial charge is 0.384 e. The fraction of sp³-hybridized carbons (Fsp3) is 0.231. The Labute approximate surface area is 113 Å². The number of nitrogens with two attached hydrogens (primary N) is 1. The van der Waals surface area contributed by atoms with E-state index in [1.807, 2.05) is 6.92 Å². The summed E-state index contributed by atoms with van der Waals surface area (Å²) in [6.07, 6.45) is -3.14. The number of hydrogen-bond donors (Lipinski definition) is 2. The monoisotopic (exact) mass is 282 g/mol. The van der Waals surface area contributed by atoms with Gasteiger partial charge in [0.05, 0.1) is 6.54 Å². The zero-order valence-electron chi connectivity index (χ0n) is 10.7. The second-order valence-corrected chi connectivity index (χ2v) is 4.45. The van der Waals surface area contributed by atoms with Crippen molar-refractivity contribution >= 4 is 5.84 Å². The van der Waals surface area contributed by atoms with Crippen LogP contribution in [0.2, 0.25) is 0 Å². The quantitative estimate of drug-likeness (QED) is 0.671. The molecule has 0 saturated heterocycles. The largest absolute Gasteiger partial charge is 0.435 e. The zero-order valence-corrected chi connectivity index (χ0v) is 10.7. The Morgan fingerprint density at radius 1 is 1.35 bits per heavy atom. The minimum atomic E-state index is -4.43. The van der Waals surface area contributed by atoms with E-state index in [4.69, 9.17) is 11.1 Å². The molecule has 0 radical (unpaired) electrons. The molecule has 0 aliphatic heterocycles. The van der Waals surface area contributed by atoms with E-state index < -0.39 is 11.9 Å². The summed E-state index contributed by atoms with van der Waals surface area (Å²) in [7, 11) is 0. The number of hydrogen-bond acceptors (Lipinski definition) is 2. The third-order valence-corrected chi connectivity index (χ3v) is 2.92. The van der Waals surface area contributed by atoms with Gasteiger partial charge in [0.2, 0.25) is 0 Å². The molecule has 0 atom stereocenters. The summed E-state index contributed by atoms with van der Waals surface area (Å²) in [5.41, 5.74) is 6.73. The number of halogens is 3. The van der Waals surface area contributed by atoms with Crippen molar-refractivity contribution in [3.8, 4) is 0 Å². The molecule has 0 amide bonds. The molecule has 106 valence electrons. The average molecular weight is 282 g/mol. The summed E-state index contributed by atoms with van der Waals surface area (Å²) < 4.78 is 38.6. The van der Waals surface area contributed by atoms with Crippen molar-refractivity contribution in [1.82, 2.24) is 9.78 Å². The fourth-order valence-electron chi connectivity index (χ4n) is 1.82. The van der Waals surface area contributed by atoms with Crippen LogP contribution in [-0.4, -0.2) is 15.6 Å². The highest BCUT2D eigenvalue weighted by Crippen LogP contribution is 2.27. The van der Waals surface area contributed by atoms with Crippen molar-refractivity contribution < 1.29 is 13.2 Å². The lowest BCUT2D eigenvalue weighted by atomic mass is 10.0. The van der Waals surface area contributed by atoms with Crippen LogP contribution in [-0.2, 0) is 12.7 Å². The van der Waals surface area contributed by atoms with E-state index in [-0.39, 0.29) is 12.4 Å². The highest BCUT2D eigenvalue weighted by atomic mass is 19.4. The molecule has 7 heteroatoms. The standard InChI is InChI=1S/C13H13F3N4/c1-8-6-9(12(17)18)2-3-10(8)7-20-5-4-11(19-20)13(14,15)16/h2-6H,7H2,1H3,(H3,17,18). The van der Waals surface area contributed by atoms with Crippen LogP contribution in [0.15, 0.2) is 30.5 Å². The molecule has 4 nitrogen and oxygen atoms in total. The van der Waals surface area contributed by atoms with Crippen molar-refractivity contribution in [2.24, 2.45) is 5.73 Å². The highest BCUT2D eigenvalue weighted by molar-refractivity contribution is 5.95. The first-order chi connectivity index (χ1) is 9.27. The van der Waals surface area contributed by atoms with Crippen LogP contribution in [0.3, 0.4) is 0 Å². The summed E-state index contributed by atoms with van der Waals surface area (Å²) in [6.45, 7) is 2.05. The SMILES string of the molecule is Cc1cc(C(=N)N)ccc1Cn1ccc(C(F)(F)F)n1. The van der Waals surface area contributed by atoms with Crippen molar-refractivity contribution in [2.45, 2.75) is 19.6 Å². The van der Waals surface area contributed by atoms with E-state index in [2.05, 4.69) is 5.10 Å². The molecule has 0 unspecified atom stereocenters. The van der Waals surface area contributed by atoms with Gasteiger partial charge in [0.15, 0.2) is 5.69 Å². The second kappa shape index (κ2) is 4.99. The first kappa shape index (κ1) is 14.1. The van der Waals surface area contributed by atoms with Gasteiger partial charge in [0.1, 0.15) is 5.84 Å². The summed E-state index contributed by atoms with van der Waals surface area (Å²) in [5.74, 6) is -0.0434. The lowest BCUT2D eigenvalue weighted by Crippen LogP contribution is -2.12. The molecule has 3 N–H and O–H groups in total.